The van der Waals surface area contributed by atoms with E-state index in [1.165, 1.54) is 16.7 Å². The van der Waals surface area contributed by atoms with Crippen LogP contribution >= 0.6 is 11.6 Å². The Bertz CT molecular complexity index is 1110. The average molecular weight is 372 g/mol. The minimum absolute atomic E-state index is 0.102. The van der Waals surface area contributed by atoms with Gasteiger partial charge < -0.3 is 4.90 Å². The second-order valence-corrected chi connectivity index (χ2v) is 7.13. The summed E-state index contributed by atoms with van der Waals surface area (Å²) in [5, 5.41) is 1.32. The molecule has 2 heterocycles. The van der Waals surface area contributed by atoms with E-state index < -0.39 is 0 Å². The first-order chi connectivity index (χ1) is 13.3. The minimum atomic E-state index is 0.102. The van der Waals surface area contributed by atoms with Crippen LogP contribution in [0.4, 0.5) is 5.82 Å². The molecule has 0 bridgehead atoms. The highest BCUT2D eigenvalue weighted by molar-refractivity contribution is 6.28. The first-order valence-electron chi connectivity index (χ1n) is 9.13. The molecule has 0 saturated carbocycles. The molecule has 0 spiro atoms. The highest BCUT2D eigenvalue weighted by Crippen LogP contribution is 2.39. The number of aromatic nitrogens is 2. The van der Waals surface area contributed by atoms with Gasteiger partial charge >= 0.3 is 0 Å². The highest BCUT2D eigenvalue weighted by Gasteiger charge is 2.30. The van der Waals surface area contributed by atoms with Crippen molar-refractivity contribution >= 4 is 28.3 Å². The number of nitrogens with zero attached hydrogens (tertiary/aromatic N) is 3. The zero-order chi connectivity index (χ0) is 18.2. The quantitative estimate of drug-likeness (QED) is 0.439. The van der Waals surface area contributed by atoms with Gasteiger partial charge in [-0.2, -0.15) is 4.98 Å². The Morgan fingerprint density at radius 2 is 1.56 bits per heavy atom. The van der Waals surface area contributed by atoms with Gasteiger partial charge in [0.05, 0.1) is 11.6 Å². The zero-order valence-electron chi connectivity index (χ0n) is 14.7. The molecule has 1 atom stereocenters. The third-order valence-corrected chi connectivity index (χ3v) is 5.40. The second kappa shape index (κ2) is 6.67. The van der Waals surface area contributed by atoms with Crippen molar-refractivity contribution in [1.82, 2.24) is 9.97 Å². The maximum atomic E-state index is 6.29. The van der Waals surface area contributed by atoms with E-state index in [0.717, 1.165) is 29.7 Å². The van der Waals surface area contributed by atoms with Crippen LogP contribution in [0.15, 0.2) is 78.9 Å². The molecule has 1 aliphatic rings. The molecule has 4 heteroatoms. The molecule has 4 aromatic rings. The van der Waals surface area contributed by atoms with Crippen molar-refractivity contribution in [3.8, 4) is 0 Å². The zero-order valence-corrected chi connectivity index (χ0v) is 15.5. The Morgan fingerprint density at radius 1 is 0.815 bits per heavy atom. The Labute approximate surface area is 163 Å². The van der Waals surface area contributed by atoms with Gasteiger partial charge in [-0.15, -0.1) is 0 Å². The summed E-state index contributed by atoms with van der Waals surface area (Å²) < 4.78 is 0. The van der Waals surface area contributed by atoms with Crippen molar-refractivity contribution in [1.29, 1.82) is 0 Å². The van der Waals surface area contributed by atoms with Crippen molar-refractivity contribution < 1.29 is 0 Å². The van der Waals surface area contributed by atoms with Crippen molar-refractivity contribution in [2.45, 2.75) is 12.5 Å². The van der Waals surface area contributed by atoms with Gasteiger partial charge in [-0.3, -0.25) is 0 Å². The second-order valence-electron chi connectivity index (χ2n) is 6.79. The van der Waals surface area contributed by atoms with Gasteiger partial charge in [0, 0.05) is 11.9 Å². The van der Waals surface area contributed by atoms with Crippen LogP contribution in [-0.4, -0.2) is 16.5 Å². The van der Waals surface area contributed by atoms with Crippen LogP contribution in [0.3, 0.4) is 0 Å². The monoisotopic (exact) mass is 371 g/mol. The summed E-state index contributed by atoms with van der Waals surface area (Å²) in [5.74, 6) is 0.897. The van der Waals surface area contributed by atoms with Crippen LogP contribution < -0.4 is 4.90 Å². The van der Waals surface area contributed by atoms with Crippen LogP contribution in [0.25, 0.3) is 10.9 Å². The van der Waals surface area contributed by atoms with Gasteiger partial charge in [-0.1, -0.05) is 66.7 Å². The van der Waals surface area contributed by atoms with Gasteiger partial charge in [0.25, 0.3) is 0 Å². The van der Waals surface area contributed by atoms with Gasteiger partial charge in [-0.05, 0) is 46.8 Å². The molecule has 0 amide bonds. The van der Waals surface area contributed by atoms with Crippen molar-refractivity contribution in [2.75, 3.05) is 11.4 Å². The topological polar surface area (TPSA) is 29.0 Å². The van der Waals surface area contributed by atoms with E-state index in [1.54, 1.807) is 0 Å². The smallest absolute Gasteiger partial charge is 0.224 e. The fraction of sp³-hybridized carbons (Fsp3) is 0.130. The minimum Gasteiger partial charge on any atom is -0.344 e. The van der Waals surface area contributed by atoms with E-state index in [4.69, 9.17) is 11.6 Å². The normalized spacial score (nSPS) is 16.3. The summed E-state index contributed by atoms with van der Waals surface area (Å²) in [6.45, 7) is 0.883. The molecular weight excluding hydrogens is 354 g/mol. The van der Waals surface area contributed by atoms with Gasteiger partial charge in [0.2, 0.25) is 5.28 Å². The molecule has 3 nitrogen and oxygen atoms in total. The SMILES string of the molecule is Clc1nc(N2CCc3ccccc3C2c2ccccc2)c2ccccc2n1. The van der Waals surface area contributed by atoms with E-state index in [0.29, 0.717) is 0 Å². The lowest BCUT2D eigenvalue weighted by Gasteiger charge is -2.39. The summed E-state index contributed by atoms with van der Waals surface area (Å²) in [4.78, 5) is 11.4. The van der Waals surface area contributed by atoms with Crippen LogP contribution in [0.2, 0.25) is 5.28 Å². The van der Waals surface area contributed by atoms with Crippen molar-refractivity contribution in [2.24, 2.45) is 0 Å². The lowest BCUT2D eigenvalue weighted by molar-refractivity contribution is 0.646. The maximum absolute atomic E-state index is 6.29. The van der Waals surface area contributed by atoms with Crippen LogP contribution in [0, 0.1) is 0 Å². The third-order valence-electron chi connectivity index (χ3n) is 5.23. The van der Waals surface area contributed by atoms with Crippen molar-refractivity contribution in [3.05, 3.63) is 101 Å². The summed E-state index contributed by atoms with van der Waals surface area (Å²) in [6.07, 6.45) is 0.982. The van der Waals surface area contributed by atoms with E-state index in [1.807, 2.05) is 18.2 Å². The van der Waals surface area contributed by atoms with Gasteiger partial charge in [0.1, 0.15) is 5.82 Å². The molecule has 1 unspecified atom stereocenters. The largest absolute Gasteiger partial charge is 0.344 e. The van der Waals surface area contributed by atoms with Crippen molar-refractivity contribution in [3.63, 3.8) is 0 Å². The molecular formula is C23H18ClN3. The number of rotatable bonds is 2. The Kier molecular flexibility index (Phi) is 4.02. The molecule has 0 saturated heterocycles. The number of fused-ring (bicyclic) bond motifs is 2. The summed E-state index contributed by atoms with van der Waals surface area (Å²) >= 11 is 6.29. The Morgan fingerprint density at radius 3 is 2.44 bits per heavy atom. The average Bonchev–Trinajstić information content (AvgIpc) is 2.73. The standard InChI is InChI=1S/C23H18ClN3/c24-23-25-20-13-7-6-12-19(20)22(26-23)27-15-14-16-8-4-5-11-18(16)21(27)17-9-2-1-3-10-17/h1-13,21H,14-15H2. The molecule has 0 fully saturated rings. The number of halogens is 1. The molecule has 0 N–H and O–H groups in total. The van der Waals surface area contributed by atoms with Crippen LogP contribution in [0.1, 0.15) is 22.7 Å². The number of hydrogen-bond donors (Lipinski definition) is 0. The third kappa shape index (κ3) is 2.84. The highest BCUT2D eigenvalue weighted by atomic mass is 35.5. The predicted octanol–water partition coefficient (Wildman–Crippen LogP) is 5.44. The molecule has 1 aromatic heterocycles. The van der Waals surface area contributed by atoms with E-state index in [9.17, 15) is 0 Å². The van der Waals surface area contributed by atoms with Crippen LogP contribution in [0.5, 0.6) is 0 Å². The first-order valence-corrected chi connectivity index (χ1v) is 9.51. The molecule has 1 aliphatic heterocycles. The van der Waals surface area contributed by atoms with E-state index in [2.05, 4.69) is 75.5 Å². The predicted molar refractivity (Wildman–Crippen MR) is 110 cm³/mol. The summed E-state index contributed by atoms with van der Waals surface area (Å²) in [5.41, 5.74) is 4.85. The number of anilines is 1. The van der Waals surface area contributed by atoms with Crippen LogP contribution in [-0.2, 0) is 6.42 Å². The number of benzene rings is 3. The fourth-order valence-corrected chi connectivity index (χ4v) is 4.21. The fourth-order valence-electron chi connectivity index (χ4n) is 4.04. The lowest BCUT2D eigenvalue weighted by Crippen LogP contribution is -2.37. The van der Waals surface area contributed by atoms with Gasteiger partial charge in [-0.25, -0.2) is 4.98 Å². The molecule has 3 aromatic carbocycles. The summed E-state index contributed by atoms with van der Waals surface area (Å²) in [6, 6.07) is 27.5. The Hall–Kier alpha value is -2.91. The Balaban J connectivity index is 1.75. The maximum Gasteiger partial charge on any atom is 0.224 e. The molecule has 0 aliphatic carbocycles. The molecule has 0 radical (unpaired) electrons. The van der Waals surface area contributed by atoms with E-state index in [-0.39, 0.29) is 11.3 Å². The number of para-hydroxylation sites is 1. The summed E-state index contributed by atoms with van der Waals surface area (Å²) in [7, 11) is 0. The number of hydrogen-bond acceptors (Lipinski definition) is 3. The van der Waals surface area contributed by atoms with Gasteiger partial charge in [0.15, 0.2) is 0 Å². The lowest BCUT2D eigenvalue weighted by atomic mass is 9.88. The van der Waals surface area contributed by atoms with E-state index >= 15 is 0 Å². The molecule has 27 heavy (non-hydrogen) atoms. The first kappa shape index (κ1) is 16.3. The molecule has 5 rings (SSSR count). The molecule has 132 valence electrons.